The van der Waals surface area contributed by atoms with Crippen LogP contribution in [0.15, 0.2) is 18.3 Å². The van der Waals surface area contributed by atoms with Gasteiger partial charge in [-0.2, -0.15) is 0 Å². The molecule has 1 aromatic rings. The highest BCUT2D eigenvalue weighted by atomic mass is 16.3. The summed E-state index contributed by atoms with van der Waals surface area (Å²) in [6.45, 7) is 6.36. The van der Waals surface area contributed by atoms with Gasteiger partial charge in [0.05, 0.1) is 11.7 Å². The first-order valence-corrected chi connectivity index (χ1v) is 6.31. The molecule has 1 atom stereocenters. The molecular weight excluding hydrogens is 242 g/mol. The lowest BCUT2D eigenvalue weighted by molar-refractivity contribution is 0.0745. The average Bonchev–Trinajstić information content (AvgIpc) is 2.34. The number of pyridine rings is 1. The summed E-state index contributed by atoms with van der Waals surface area (Å²) in [5.41, 5.74) is 0.375. The molecule has 0 aliphatic rings. The lowest BCUT2D eigenvalue weighted by Gasteiger charge is -2.26. The number of nitrogens with one attached hydrogen (secondary N) is 1. The zero-order chi connectivity index (χ0) is 14.6. The molecule has 0 fully saturated rings. The van der Waals surface area contributed by atoms with Crippen molar-refractivity contribution in [2.45, 2.75) is 26.9 Å². The van der Waals surface area contributed by atoms with Gasteiger partial charge in [-0.3, -0.25) is 4.79 Å². The number of aliphatic hydroxyl groups excluding tert-OH is 1. The van der Waals surface area contributed by atoms with Crippen molar-refractivity contribution in [2.24, 2.45) is 5.41 Å². The van der Waals surface area contributed by atoms with Crippen LogP contribution in [-0.4, -0.2) is 47.6 Å². The molecule has 0 saturated heterocycles. The molecule has 19 heavy (non-hydrogen) atoms. The van der Waals surface area contributed by atoms with E-state index < -0.39 is 6.10 Å². The second-order valence-electron chi connectivity index (χ2n) is 5.89. The van der Waals surface area contributed by atoms with Gasteiger partial charge in [0.2, 0.25) is 0 Å². The lowest BCUT2D eigenvalue weighted by Crippen LogP contribution is -2.33. The van der Waals surface area contributed by atoms with E-state index in [2.05, 4.69) is 10.3 Å². The van der Waals surface area contributed by atoms with Crippen molar-refractivity contribution in [3.63, 3.8) is 0 Å². The minimum absolute atomic E-state index is 0.0752. The molecular formula is C14H23N3O2. The fourth-order valence-corrected chi connectivity index (χ4v) is 1.39. The van der Waals surface area contributed by atoms with Crippen molar-refractivity contribution >= 4 is 11.7 Å². The summed E-state index contributed by atoms with van der Waals surface area (Å²) in [6, 6.07) is 3.47. The molecule has 0 bridgehead atoms. The highest BCUT2D eigenvalue weighted by Gasteiger charge is 2.21. The third kappa shape index (κ3) is 4.52. The minimum Gasteiger partial charge on any atom is -0.391 e. The number of carbonyl (C=O) groups is 1. The zero-order valence-corrected chi connectivity index (χ0v) is 12.3. The Hall–Kier alpha value is -1.62. The fourth-order valence-electron chi connectivity index (χ4n) is 1.39. The van der Waals surface area contributed by atoms with E-state index in [-0.39, 0.29) is 11.3 Å². The molecule has 1 amide bonds. The summed E-state index contributed by atoms with van der Waals surface area (Å²) in [4.78, 5) is 17.4. The highest BCUT2D eigenvalue weighted by molar-refractivity contribution is 5.93. The molecule has 1 heterocycles. The van der Waals surface area contributed by atoms with Gasteiger partial charge in [-0.1, -0.05) is 20.8 Å². The highest BCUT2D eigenvalue weighted by Crippen LogP contribution is 2.19. The molecule has 5 heteroatoms. The molecule has 1 rings (SSSR count). The standard InChI is InChI=1S/C14H23N3O2/c1-14(2,3)11(18)9-16-12-7-6-10(8-15-12)13(19)17(4)5/h6-8,11,18H,9H2,1-5H3,(H,15,16). The summed E-state index contributed by atoms with van der Waals surface area (Å²) in [7, 11) is 3.41. The van der Waals surface area contributed by atoms with Crippen LogP contribution in [0.4, 0.5) is 5.82 Å². The Morgan fingerprint density at radius 2 is 2.05 bits per heavy atom. The van der Waals surface area contributed by atoms with Crippen LogP contribution in [-0.2, 0) is 0 Å². The molecule has 106 valence electrons. The number of rotatable bonds is 4. The quantitative estimate of drug-likeness (QED) is 0.868. The monoisotopic (exact) mass is 265 g/mol. The van der Waals surface area contributed by atoms with Gasteiger partial charge in [0.1, 0.15) is 5.82 Å². The average molecular weight is 265 g/mol. The van der Waals surface area contributed by atoms with Crippen molar-refractivity contribution in [1.29, 1.82) is 0 Å². The zero-order valence-electron chi connectivity index (χ0n) is 12.3. The van der Waals surface area contributed by atoms with Crippen molar-refractivity contribution in [3.8, 4) is 0 Å². The van der Waals surface area contributed by atoms with E-state index in [0.29, 0.717) is 17.9 Å². The summed E-state index contributed by atoms with van der Waals surface area (Å²) in [6.07, 6.45) is 1.08. The first-order chi connectivity index (χ1) is 8.71. The van der Waals surface area contributed by atoms with E-state index in [4.69, 9.17) is 0 Å². The van der Waals surface area contributed by atoms with E-state index in [1.54, 1.807) is 26.2 Å². The number of nitrogens with zero attached hydrogens (tertiary/aromatic N) is 2. The number of aromatic nitrogens is 1. The van der Waals surface area contributed by atoms with E-state index in [0.717, 1.165) is 0 Å². The van der Waals surface area contributed by atoms with Crippen LogP contribution in [0, 0.1) is 5.41 Å². The van der Waals surface area contributed by atoms with E-state index >= 15 is 0 Å². The van der Waals surface area contributed by atoms with Gasteiger partial charge in [0.15, 0.2) is 0 Å². The molecule has 0 aromatic carbocycles. The maximum absolute atomic E-state index is 11.7. The number of hydrogen-bond donors (Lipinski definition) is 2. The van der Waals surface area contributed by atoms with Crippen molar-refractivity contribution < 1.29 is 9.90 Å². The van der Waals surface area contributed by atoms with Crippen LogP contribution >= 0.6 is 0 Å². The van der Waals surface area contributed by atoms with Crippen LogP contribution in [0.2, 0.25) is 0 Å². The first-order valence-electron chi connectivity index (χ1n) is 6.31. The van der Waals surface area contributed by atoms with Crippen LogP contribution in [0.25, 0.3) is 0 Å². The van der Waals surface area contributed by atoms with E-state index in [1.807, 2.05) is 20.8 Å². The summed E-state index contributed by atoms with van der Waals surface area (Å²) >= 11 is 0. The molecule has 5 nitrogen and oxygen atoms in total. The number of hydrogen-bond acceptors (Lipinski definition) is 4. The molecule has 0 spiro atoms. The van der Waals surface area contributed by atoms with Gasteiger partial charge in [0, 0.05) is 26.8 Å². The number of amides is 1. The summed E-state index contributed by atoms with van der Waals surface area (Å²) in [5, 5.41) is 13.0. The number of anilines is 1. The second kappa shape index (κ2) is 6.02. The predicted molar refractivity (Wildman–Crippen MR) is 76.2 cm³/mol. The summed E-state index contributed by atoms with van der Waals surface area (Å²) in [5.74, 6) is 0.576. The van der Waals surface area contributed by atoms with Gasteiger partial charge in [0.25, 0.3) is 5.91 Å². The van der Waals surface area contributed by atoms with Gasteiger partial charge in [-0.25, -0.2) is 4.98 Å². The number of aliphatic hydroxyl groups is 1. The van der Waals surface area contributed by atoms with Crippen molar-refractivity contribution in [2.75, 3.05) is 26.0 Å². The maximum Gasteiger partial charge on any atom is 0.254 e. The van der Waals surface area contributed by atoms with Crippen LogP contribution < -0.4 is 5.32 Å². The molecule has 1 unspecified atom stereocenters. The largest absolute Gasteiger partial charge is 0.391 e. The maximum atomic E-state index is 11.7. The Labute approximate surface area is 114 Å². The van der Waals surface area contributed by atoms with Crippen molar-refractivity contribution in [1.82, 2.24) is 9.88 Å². The van der Waals surface area contributed by atoms with Crippen molar-refractivity contribution in [3.05, 3.63) is 23.9 Å². The molecule has 0 radical (unpaired) electrons. The predicted octanol–water partition coefficient (Wildman–Crippen LogP) is 1.60. The van der Waals surface area contributed by atoms with Gasteiger partial charge < -0.3 is 15.3 Å². The minimum atomic E-state index is -0.461. The number of carbonyl (C=O) groups excluding carboxylic acids is 1. The Kier molecular flexibility index (Phi) is 4.89. The third-order valence-corrected chi connectivity index (χ3v) is 2.89. The topological polar surface area (TPSA) is 65.5 Å². The Balaban J connectivity index is 2.61. The van der Waals surface area contributed by atoms with Gasteiger partial charge in [-0.05, 0) is 17.5 Å². The van der Waals surface area contributed by atoms with Gasteiger partial charge >= 0.3 is 0 Å². The Morgan fingerprint density at radius 1 is 1.42 bits per heavy atom. The molecule has 0 saturated carbocycles. The van der Waals surface area contributed by atoms with Crippen LogP contribution in [0.5, 0.6) is 0 Å². The normalized spacial score (nSPS) is 12.9. The fraction of sp³-hybridized carbons (Fsp3) is 0.571. The lowest BCUT2D eigenvalue weighted by atomic mass is 9.89. The molecule has 1 aromatic heterocycles. The summed E-state index contributed by atoms with van der Waals surface area (Å²) < 4.78 is 0. The van der Waals surface area contributed by atoms with Gasteiger partial charge in [-0.15, -0.1) is 0 Å². The second-order valence-corrected chi connectivity index (χ2v) is 5.89. The Morgan fingerprint density at radius 3 is 2.47 bits per heavy atom. The van der Waals surface area contributed by atoms with Crippen LogP contribution in [0.1, 0.15) is 31.1 Å². The SMILES string of the molecule is CN(C)C(=O)c1ccc(NCC(O)C(C)(C)C)nc1. The first kappa shape index (κ1) is 15.4. The smallest absolute Gasteiger partial charge is 0.254 e. The molecule has 0 aliphatic carbocycles. The molecule has 2 N–H and O–H groups in total. The van der Waals surface area contributed by atoms with E-state index in [1.165, 1.54) is 11.1 Å². The molecule has 0 aliphatic heterocycles. The van der Waals surface area contributed by atoms with E-state index in [9.17, 15) is 9.90 Å². The Bertz CT molecular complexity index is 421. The van der Waals surface area contributed by atoms with Crippen LogP contribution in [0.3, 0.4) is 0 Å². The third-order valence-electron chi connectivity index (χ3n) is 2.89.